The largest absolute Gasteiger partial charge is 0.491 e. The Kier molecular flexibility index (Phi) is 6.21. The van der Waals surface area contributed by atoms with Crippen molar-refractivity contribution in [3.05, 3.63) is 59.1 Å². The molecule has 2 N–H and O–H groups in total. The van der Waals surface area contributed by atoms with Crippen LogP contribution < -0.4 is 15.4 Å². The summed E-state index contributed by atoms with van der Waals surface area (Å²) in [7, 11) is 0. The number of halogens is 1. The summed E-state index contributed by atoms with van der Waals surface area (Å²) in [5, 5.41) is 5.72. The van der Waals surface area contributed by atoms with E-state index in [1.54, 1.807) is 48.5 Å². The maximum absolute atomic E-state index is 11.9. The molecule has 0 radical (unpaired) electrons. The lowest BCUT2D eigenvalue weighted by Crippen LogP contribution is -2.32. The van der Waals surface area contributed by atoms with Gasteiger partial charge < -0.3 is 15.4 Å². The standard InChI is InChI=1S/C18H19ClN2O3/c1-12(2)24-16-8-6-15(7-9-16)21-17(22)11-20-18(23)13-4-3-5-14(19)10-13/h3-10,12H,11H2,1-2H3,(H,20,23)(H,21,22). The molecular formula is C18H19ClN2O3. The average molecular weight is 347 g/mol. The van der Waals surface area contributed by atoms with Crippen molar-refractivity contribution in [2.75, 3.05) is 11.9 Å². The van der Waals surface area contributed by atoms with E-state index >= 15 is 0 Å². The van der Waals surface area contributed by atoms with Crippen LogP contribution in [0.3, 0.4) is 0 Å². The van der Waals surface area contributed by atoms with Crippen molar-refractivity contribution >= 4 is 29.1 Å². The van der Waals surface area contributed by atoms with E-state index in [9.17, 15) is 9.59 Å². The van der Waals surface area contributed by atoms with Gasteiger partial charge in [0.05, 0.1) is 12.6 Å². The van der Waals surface area contributed by atoms with Crippen LogP contribution in [0.5, 0.6) is 5.75 Å². The second-order valence-corrected chi connectivity index (χ2v) is 5.87. The monoisotopic (exact) mass is 346 g/mol. The minimum absolute atomic E-state index is 0.0899. The van der Waals surface area contributed by atoms with Gasteiger partial charge in [-0.3, -0.25) is 9.59 Å². The summed E-state index contributed by atoms with van der Waals surface area (Å²) in [6.07, 6.45) is 0.0899. The van der Waals surface area contributed by atoms with Crippen LogP contribution >= 0.6 is 11.6 Å². The number of anilines is 1. The molecule has 2 rings (SSSR count). The van der Waals surface area contributed by atoms with E-state index in [0.717, 1.165) is 5.75 Å². The van der Waals surface area contributed by atoms with E-state index in [-0.39, 0.29) is 24.5 Å². The zero-order chi connectivity index (χ0) is 17.5. The van der Waals surface area contributed by atoms with Gasteiger partial charge in [0.2, 0.25) is 5.91 Å². The Bertz CT molecular complexity index is 714. The van der Waals surface area contributed by atoms with Gasteiger partial charge in [-0.25, -0.2) is 0 Å². The molecule has 0 bridgehead atoms. The number of carbonyl (C=O) groups is 2. The number of nitrogens with one attached hydrogen (secondary N) is 2. The molecule has 0 aliphatic heterocycles. The summed E-state index contributed by atoms with van der Waals surface area (Å²) in [4.78, 5) is 23.8. The maximum atomic E-state index is 11.9. The number of benzene rings is 2. The van der Waals surface area contributed by atoms with Crippen LogP contribution in [0.25, 0.3) is 0 Å². The Morgan fingerprint density at radius 1 is 1.12 bits per heavy atom. The van der Waals surface area contributed by atoms with E-state index < -0.39 is 0 Å². The number of ether oxygens (including phenoxy) is 1. The van der Waals surface area contributed by atoms with Gasteiger partial charge in [0.15, 0.2) is 0 Å². The SMILES string of the molecule is CC(C)Oc1ccc(NC(=O)CNC(=O)c2cccc(Cl)c2)cc1. The number of carbonyl (C=O) groups excluding carboxylic acids is 2. The zero-order valence-electron chi connectivity index (χ0n) is 13.5. The molecular weight excluding hydrogens is 328 g/mol. The smallest absolute Gasteiger partial charge is 0.251 e. The zero-order valence-corrected chi connectivity index (χ0v) is 14.3. The Morgan fingerprint density at radius 3 is 2.46 bits per heavy atom. The predicted molar refractivity (Wildman–Crippen MR) is 94.6 cm³/mol. The van der Waals surface area contributed by atoms with E-state index in [1.165, 1.54) is 0 Å². The molecule has 0 saturated carbocycles. The molecule has 6 heteroatoms. The van der Waals surface area contributed by atoms with Gasteiger partial charge in [-0.1, -0.05) is 17.7 Å². The van der Waals surface area contributed by atoms with Crippen molar-refractivity contribution in [1.29, 1.82) is 0 Å². The molecule has 2 aromatic carbocycles. The van der Waals surface area contributed by atoms with Crippen molar-refractivity contribution in [3.8, 4) is 5.75 Å². The molecule has 0 aromatic heterocycles. The van der Waals surface area contributed by atoms with Gasteiger partial charge in [0.1, 0.15) is 5.75 Å². The highest BCUT2D eigenvalue weighted by atomic mass is 35.5. The molecule has 5 nitrogen and oxygen atoms in total. The van der Waals surface area contributed by atoms with Gasteiger partial charge in [0, 0.05) is 16.3 Å². The van der Waals surface area contributed by atoms with Crippen molar-refractivity contribution in [3.63, 3.8) is 0 Å². The number of hydrogen-bond donors (Lipinski definition) is 2. The highest BCUT2D eigenvalue weighted by molar-refractivity contribution is 6.31. The fourth-order valence-electron chi connectivity index (χ4n) is 1.99. The maximum Gasteiger partial charge on any atom is 0.251 e. The Labute approximate surface area is 146 Å². The summed E-state index contributed by atoms with van der Waals surface area (Å²) in [6, 6.07) is 13.6. The van der Waals surface area contributed by atoms with Crippen LogP contribution in [0.2, 0.25) is 5.02 Å². The minimum Gasteiger partial charge on any atom is -0.491 e. The Balaban J connectivity index is 1.83. The molecule has 2 aromatic rings. The van der Waals surface area contributed by atoms with Crippen LogP contribution in [0, 0.1) is 0 Å². The lowest BCUT2D eigenvalue weighted by Gasteiger charge is -2.11. The molecule has 0 heterocycles. The number of rotatable bonds is 6. The van der Waals surface area contributed by atoms with Gasteiger partial charge >= 0.3 is 0 Å². The molecule has 0 aliphatic rings. The number of amides is 2. The normalized spacial score (nSPS) is 10.3. The summed E-state index contributed by atoms with van der Waals surface area (Å²) in [6.45, 7) is 3.76. The molecule has 24 heavy (non-hydrogen) atoms. The van der Waals surface area contributed by atoms with Crippen molar-refractivity contribution in [1.82, 2.24) is 5.32 Å². The second kappa shape index (κ2) is 8.36. The first-order valence-corrected chi connectivity index (χ1v) is 7.92. The molecule has 0 fully saturated rings. The third-order valence-corrected chi connectivity index (χ3v) is 3.24. The quantitative estimate of drug-likeness (QED) is 0.841. The van der Waals surface area contributed by atoms with Crippen LogP contribution in [0.4, 0.5) is 5.69 Å². The third-order valence-electron chi connectivity index (χ3n) is 3.01. The van der Waals surface area contributed by atoms with Crippen molar-refractivity contribution in [2.24, 2.45) is 0 Å². The lowest BCUT2D eigenvalue weighted by atomic mass is 10.2. The van der Waals surface area contributed by atoms with Gasteiger partial charge in [0.25, 0.3) is 5.91 Å². The van der Waals surface area contributed by atoms with Gasteiger partial charge in [-0.15, -0.1) is 0 Å². The van der Waals surface area contributed by atoms with E-state index in [2.05, 4.69) is 10.6 Å². The predicted octanol–water partition coefficient (Wildman–Crippen LogP) is 3.50. The van der Waals surface area contributed by atoms with E-state index in [4.69, 9.17) is 16.3 Å². The first-order valence-electron chi connectivity index (χ1n) is 7.54. The van der Waals surface area contributed by atoms with Gasteiger partial charge in [-0.2, -0.15) is 0 Å². The molecule has 2 amide bonds. The van der Waals surface area contributed by atoms with E-state index in [1.807, 2.05) is 13.8 Å². The molecule has 0 spiro atoms. The molecule has 0 aliphatic carbocycles. The average Bonchev–Trinajstić information content (AvgIpc) is 2.54. The molecule has 0 atom stereocenters. The Morgan fingerprint density at radius 2 is 1.83 bits per heavy atom. The summed E-state index contributed by atoms with van der Waals surface area (Å²) < 4.78 is 5.53. The second-order valence-electron chi connectivity index (χ2n) is 5.43. The summed E-state index contributed by atoms with van der Waals surface area (Å²) >= 11 is 5.83. The minimum atomic E-state index is -0.353. The van der Waals surface area contributed by atoms with Crippen LogP contribution in [-0.2, 0) is 4.79 Å². The fraction of sp³-hybridized carbons (Fsp3) is 0.222. The number of hydrogen-bond acceptors (Lipinski definition) is 3. The highest BCUT2D eigenvalue weighted by Gasteiger charge is 2.09. The van der Waals surface area contributed by atoms with Crippen molar-refractivity contribution < 1.29 is 14.3 Å². The summed E-state index contributed by atoms with van der Waals surface area (Å²) in [5.41, 5.74) is 1.04. The molecule has 0 unspecified atom stereocenters. The molecule has 126 valence electrons. The topological polar surface area (TPSA) is 67.4 Å². The van der Waals surface area contributed by atoms with Crippen LogP contribution in [0.1, 0.15) is 24.2 Å². The highest BCUT2D eigenvalue weighted by Crippen LogP contribution is 2.16. The van der Waals surface area contributed by atoms with E-state index in [0.29, 0.717) is 16.3 Å². The third kappa shape index (κ3) is 5.59. The fourth-order valence-corrected chi connectivity index (χ4v) is 2.18. The lowest BCUT2D eigenvalue weighted by molar-refractivity contribution is -0.115. The van der Waals surface area contributed by atoms with Gasteiger partial charge in [-0.05, 0) is 56.3 Å². The Hall–Kier alpha value is -2.53. The van der Waals surface area contributed by atoms with Crippen molar-refractivity contribution in [2.45, 2.75) is 20.0 Å². The first-order chi connectivity index (χ1) is 11.4. The van der Waals surface area contributed by atoms with Crippen LogP contribution in [-0.4, -0.2) is 24.5 Å². The molecule has 0 saturated heterocycles. The van der Waals surface area contributed by atoms with Crippen LogP contribution in [0.15, 0.2) is 48.5 Å². The first kappa shape index (κ1) is 17.8. The summed E-state index contributed by atoms with van der Waals surface area (Å²) in [5.74, 6) is 0.0634.